The number of carbonyl (C=O) groups excluding carboxylic acids is 1. The Morgan fingerprint density at radius 3 is 2.50 bits per heavy atom. The summed E-state index contributed by atoms with van der Waals surface area (Å²) in [6.07, 6.45) is 0. The molecule has 0 saturated carbocycles. The molecular formula is C18H16N2O2. The van der Waals surface area contributed by atoms with Crippen molar-refractivity contribution in [1.82, 2.24) is 5.32 Å². The quantitative estimate of drug-likeness (QED) is 0.686. The van der Waals surface area contributed by atoms with Crippen molar-refractivity contribution in [2.75, 3.05) is 5.32 Å². The summed E-state index contributed by atoms with van der Waals surface area (Å²) in [4.78, 5) is 11.9. The number of fused-ring (bicyclic) bond motifs is 1. The van der Waals surface area contributed by atoms with Crippen LogP contribution in [0.4, 0.5) is 10.5 Å². The van der Waals surface area contributed by atoms with Crippen LogP contribution in [0.25, 0.3) is 10.8 Å². The van der Waals surface area contributed by atoms with Crippen LogP contribution in [0.5, 0.6) is 5.75 Å². The zero-order valence-corrected chi connectivity index (χ0v) is 11.9. The maximum atomic E-state index is 11.9. The fourth-order valence-corrected chi connectivity index (χ4v) is 2.32. The Labute approximate surface area is 128 Å². The van der Waals surface area contributed by atoms with Gasteiger partial charge in [-0.05, 0) is 17.0 Å². The van der Waals surface area contributed by atoms with E-state index in [4.69, 9.17) is 0 Å². The summed E-state index contributed by atoms with van der Waals surface area (Å²) in [6.45, 7) is 0.451. The van der Waals surface area contributed by atoms with E-state index in [0.717, 1.165) is 16.3 Å². The van der Waals surface area contributed by atoms with Crippen LogP contribution >= 0.6 is 0 Å². The van der Waals surface area contributed by atoms with E-state index in [1.807, 2.05) is 60.7 Å². The lowest BCUT2D eigenvalue weighted by Crippen LogP contribution is -2.28. The summed E-state index contributed by atoms with van der Waals surface area (Å²) >= 11 is 0. The lowest BCUT2D eigenvalue weighted by Gasteiger charge is -2.09. The highest BCUT2D eigenvalue weighted by molar-refractivity contribution is 5.96. The molecule has 0 unspecified atom stereocenters. The van der Waals surface area contributed by atoms with Crippen LogP contribution in [0.3, 0.4) is 0 Å². The van der Waals surface area contributed by atoms with Crippen LogP contribution in [0.15, 0.2) is 66.7 Å². The summed E-state index contributed by atoms with van der Waals surface area (Å²) < 4.78 is 0. The van der Waals surface area contributed by atoms with Crippen molar-refractivity contribution in [2.24, 2.45) is 0 Å². The van der Waals surface area contributed by atoms with Crippen molar-refractivity contribution in [3.05, 3.63) is 72.3 Å². The van der Waals surface area contributed by atoms with Crippen molar-refractivity contribution >= 4 is 22.5 Å². The van der Waals surface area contributed by atoms with E-state index in [0.29, 0.717) is 12.2 Å². The number of phenolic OH excluding ortho intramolecular Hbond substituents is 1. The molecule has 0 fully saturated rings. The minimum Gasteiger partial charge on any atom is -0.507 e. The Morgan fingerprint density at radius 1 is 0.955 bits per heavy atom. The topological polar surface area (TPSA) is 61.4 Å². The van der Waals surface area contributed by atoms with E-state index < -0.39 is 0 Å². The van der Waals surface area contributed by atoms with Gasteiger partial charge in [-0.3, -0.25) is 0 Å². The van der Waals surface area contributed by atoms with E-state index in [1.54, 1.807) is 6.07 Å². The van der Waals surface area contributed by atoms with Gasteiger partial charge in [-0.15, -0.1) is 0 Å². The zero-order chi connectivity index (χ0) is 15.4. The normalized spacial score (nSPS) is 10.4. The molecule has 0 aliphatic carbocycles. The molecule has 3 rings (SSSR count). The molecule has 0 radical (unpaired) electrons. The molecule has 22 heavy (non-hydrogen) atoms. The number of urea groups is 1. The molecule has 4 nitrogen and oxygen atoms in total. The average Bonchev–Trinajstić information content (AvgIpc) is 2.54. The fourth-order valence-electron chi connectivity index (χ4n) is 2.32. The van der Waals surface area contributed by atoms with Gasteiger partial charge in [-0.2, -0.15) is 0 Å². The summed E-state index contributed by atoms with van der Waals surface area (Å²) in [5.41, 5.74) is 1.58. The van der Waals surface area contributed by atoms with Crippen molar-refractivity contribution in [3.63, 3.8) is 0 Å². The molecule has 2 amide bonds. The molecule has 4 heteroatoms. The van der Waals surface area contributed by atoms with E-state index in [-0.39, 0.29) is 11.8 Å². The highest BCUT2D eigenvalue weighted by Crippen LogP contribution is 2.28. The third-order valence-electron chi connectivity index (χ3n) is 3.39. The highest BCUT2D eigenvalue weighted by atomic mass is 16.3. The Balaban J connectivity index is 1.69. The van der Waals surface area contributed by atoms with Crippen LogP contribution in [-0.2, 0) is 6.54 Å². The zero-order valence-electron chi connectivity index (χ0n) is 11.9. The van der Waals surface area contributed by atoms with Gasteiger partial charge in [0, 0.05) is 23.7 Å². The average molecular weight is 292 g/mol. The van der Waals surface area contributed by atoms with Crippen molar-refractivity contribution in [1.29, 1.82) is 0 Å². The van der Waals surface area contributed by atoms with Gasteiger partial charge in [0.25, 0.3) is 0 Å². The second-order valence-electron chi connectivity index (χ2n) is 5.01. The number of carbonyl (C=O) groups is 1. The molecule has 0 aromatic heterocycles. The molecule has 3 N–H and O–H groups in total. The van der Waals surface area contributed by atoms with E-state index in [9.17, 15) is 9.90 Å². The summed E-state index contributed by atoms with van der Waals surface area (Å²) in [5, 5.41) is 17.2. The number of anilines is 1. The molecule has 110 valence electrons. The first-order valence-corrected chi connectivity index (χ1v) is 7.03. The highest BCUT2D eigenvalue weighted by Gasteiger charge is 2.06. The van der Waals surface area contributed by atoms with Gasteiger partial charge >= 0.3 is 6.03 Å². The fraction of sp³-hybridized carbons (Fsp3) is 0.0556. The van der Waals surface area contributed by atoms with Gasteiger partial charge in [-0.25, -0.2) is 4.79 Å². The molecule has 0 heterocycles. The van der Waals surface area contributed by atoms with Gasteiger partial charge in [0.2, 0.25) is 0 Å². The largest absolute Gasteiger partial charge is 0.507 e. The number of aromatic hydroxyl groups is 1. The van der Waals surface area contributed by atoms with E-state index in [2.05, 4.69) is 10.6 Å². The monoisotopic (exact) mass is 292 g/mol. The Bertz CT molecular complexity index is 801. The number of amides is 2. The molecule has 0 bridgehead atoms. The molecule has 0 saturated heterocycles. The molecule has 0 atom stereocenters. The number of benzene rings is 3. The first kappa shape index (κ1) is 13.9. The Kier molecular flexibility index (Phi) is 3.92. The van der Waals surface area contributed by atoms with Crippen LogP contribution in [0, 0.1) is 0 Å². The van der Waals surface area contributed by atoms with Gasteiger partial charge < -0.3 is 15.7 Å². The third-order valence-corrected chi connectivity index (χ3v) is 3.39. The van der Waals surface area contributed by atoms with Gasteiger partial charge in [0.1, 0.15) is 5.75 Å². The molecule has 0 aliphatic rings. The van der Waals surface area contributed by atoms with Gasteiger partial charge in [-0.1, -0.05) is 54.6 Å². The van der Waals surface area contributed by atoms with Crippen LogP contribution in [-0.4, -0.2) is 11.1 Å². The van der Waals surface area contributed by atoms with E-state index >= 15 is 0 Å². The number of nitrogens with one attached hydrogen (secondary N) is 2. The number of rotatable bonds is 3. The van der Waals surface area contributed by atoms with Crippen molar-refractivity contribution < 1.29 is 9.90 Å². The van der Waals surface area contributed by atoms with Crippen LogP contribution in [0.1, 0.15) is 5.56 Å². The minimum atomic E-state index is -0.307. The second kappa shape index (κ2) is 6.18. The molecule has 0 aliphatic heterocycles. The SMILES string of the molecule is O=C(NCc1ccccc1)Nc1cc(O)c2ccccc2c1. The summed E-state index contributed by atoms with van der Waals surface area (Å²) in [5.74, 6) is 0.149. The molecule has 0 spiro atoms. The maximum absolute atomic E-state index is 11.9. The Hall–Kier alpha value is -3.01. The van der Waals surface area contributed by atoms with Crippen LogP contribution in [0.2, 0.25) is 0 Å². The molecular weight excluding hydrogens is 276 g/mol. The van der Waals surface area contributed by atoms with Crippen molar-refractivity contribution in [3.8, 4) is 5.75 Å². The number of hydrogen-bond acceptors (Lipinski definition) is 2. The number of hydrogen-bond donors (Lipinski definition) is 3. The van der Waals surface area contributed by atoms with Crippen LogP contribution < -0.4 is 10.6 Å². The van der Waals surface area contributed by atoms with Gasteiger partial charge in [0.05, 0.1) is 0 Å². The lowest BCUT2D eigenvalue weighted by atomic mass is 10.1. The predicted octanol–water partition coefficient (Wildman–Crippen LogP) is 3.87. The van der Waals surface area contributed by atoms with E-state index in [1.165, 1.54) is 0 Å². The predicted molar refractivity (Wildman–Crippen MR) is 87.9 cm³/mol. The third kappa shape index (κ3) is 3.17. The molecule has 3 aromatic carbocycles. The van der Waals surface area contributed by atoms with Gasteiger partial charge in [0.15, 0.2) is 0 Å². The Morgan fingerprint density at radius 2 is 1.68 bits per heavy atom. The summed E-state index contributed by atoms with van der Waals surface area (Å²) in [6, 6.07) is 20.2. The first-order valence-electron chi connectivity index (χ1n) is 7.03. The number of phenols is 1. The first-order chi connectivity index (χ1) is 10.7. The minimum absolute atomic E-state index is 0.149. The summed E-state index contributed by atoms with van der Waals surface area (Å²) in [7, 11) is 0. The lowest BCUT2D eigenvalue weighted by molar-refractivity contribution is 0.251. The molecule has 3 aromatic rings. The second-order valence-corrected chi connectivity index (χ2v) is 5.01. The standard InChI is InChI=1S/C18H16N2O2/c21-17-11-15(10-14-8-4-5-9-16(14)17)20-18(22)19-12-13-6-2-1-3-7-13/h1-11,21H,12H2,(H2,19,20,22). The van der Waals surface area contributed by atoms with Crippen molar-refractivity contribution in [2.45, 2.75) is 6.54 Å². The maximum Gasteiger partial charge on any atom is 0.319 e. The smallest absolute Gasteiger partial charge is 0.319 e.